The Labute approximate surface area is 201 Å². The van der Waals surface area contributed by atoms with Crippen molar-refractivity contribution in [3.63, 3.8) is 0 Å². The molecule has 1 amide bonds. The van der Waals surface area contributed by atoms with Crippen LogP contribution in [0.15, 0.2) is 59.7 Å². The van der Waals surface area contributed by atoms with Gasteiger partial charge in [0.05, 0.1) is 25.1 Å². The molecular weight excluding hydrogens is 428 g/mol. The van der Waals surface area contributed by atoms with Crippen molar-refractivity contribution < 1.29 is 14.3 Å². The van der Waals surface area contributed by atoms with Gasteiger partial charge in [0, 0.05) is 5.56 Å². The third-order valence-corrected chi connectivity index (χ3v) is 5.57. The Hall–Kier alpha value is -3.61. The average Bonchev–Trinajstić information content (AvgIpc) is 3.37. The third-order valence-electron chi connectivity index (χ3n) is 5.57. The summed E-state index contributed by atoms with van der Waals surface area (Å²) in [4.78, 5) is 12.5. The number of carbonyl (C=O) groups excluding carboxylic acids is 1. The number of unbranched alkanes of at least 4 members (excludes halogenated alkanes) is 5. The molecule has 2 N–H and O–H groups in total. The first-order valence-corrected chi connectivity index (χ1v) is 11.9. The zero-order chi connectivity index (χ0) is 24.2. The Bertz CT molecular complexity index is 1060. The topological polar surface area (TPSA) is 88.6 Å². The molecule has 0 atom stereocenters. The van der Waals surface area contributed by atoms with Gasteiger partial charge < -0.3 is 9.47 Å². The SMILES string of the molecule is CCCCCCCCOc1ccc(-c2cc(C(=O)N/N=C(/C)c3ccc(OC)cc3)[nH]n2)cc1. The molecule has 1 aromatic heterocycles. The number of nitrogens with one attached hydrogen (secondary N) is 2. The van der Waals surface area contributed by atoms with E-state index in [9.17, 15) is 4.79 Å². The van der Waals surface area contributed by atoms with E-state index in [-0.39, 0.29) is 5.91 Å². The number of rotatable bonds is 13. The molecule has 3 aromatic rings. The normalized spacial score (nSPS) is 11.3. The van der Waals surface area contributed by atoms with Gasteiger partial charge in [0.25, 0.3) is 5.91 Å². The van der Waals surface area contributed by atoms with Crippen LogP contribution in [-0.4, -0.2) is 35.5 Å². The molecule has 0 bridgehead atoms. The molecule has 0 fully saturated rings. The Morgan fingerprint density at radius 1 is 0.971 bits per heavy atom. The van der Waals surface area contributed by atoms with E-state index in [0.717, 1.165) is 35.7 Å². The van der Waals surface area contributed by atoms with Crippen molar-refractivity contribution in [2.75, 3.05) is 13.7 Å². The van der Waals surface area contributed by atoms with Gasteiger partial charge >= 0.3 is 0 Å². The third kappa shape index (κ3) is 7.47. The lowest BCUT2D eigenvalue weighted by Gasteiger charge is -2.06. The molecule has 0 saturated carbocycles. The predicted octanol–water partition coefficient (Wildman–Crippen LogP) is 5.98. The fourth-order valence-electron chi connectivity index (χ4n) is 3.47. The minimum atomic E-state index is -0.356. The molecule has 34 heavy (non-hydrogen) atoms. The van der Waals surface area contributed by atoms with E-state index >= 15 is 0 Å². The molecule has 3 rings (SSSR count). The molecule has 7 heteroatoms. The van der Waals surface area contributed by atoms with Crippen molar-refractivity contribution in [2.24, 2.45) is 5.10 Å². The van der Waals surface area contributed by atoms with Gasteiger partial charge in [-0.2, -0.15) is 10.2 Å². The Morgan fingerprint density at radius 3 is 2.35 bits per heavy atom. The van der Waals surface area contributed by atoms with Crippen molar-refractivity contribution >= 4 is 11.6 Å². The lowest BCUT2D eigenvalue weighted by molar-refractivity contribution is 0.0950. The van der Waals surface area contributed by atoms with E-state index < -0.39 is 0 Å². The number of amides is 1. The summed E-state index contributed by atoms with van der Waals surface area (Å²) in [6.07, 6.45) is 7.45. The first-order valence-electron chi connectivity index (χ1n) is 11.9. The Kier molecular flexibility index (Phi) is 9.70. The van der Waals surface area contributed by atoms with Crippen molar-refractivity contribution in [2.45, 2.75) is 52.4 Å². The van der Waals surface area contributed by atoms with Crippen LogP contribution in [-0.2, 0) is 0 Å². The number of hydrogen-bond acceptors (Lipinski definition) is 5. The van der Waals surface area contributed by atoms with Gasteiger partial charge in [-0.25, -0.2) is 5.43 Å². The van der Waals surface area contributed by atoms with Crippen molar-refractivity contribution in [1.82, 2.24) is 15.6 Å². The van der Waals surface area contributed by atoms with Crippen LogP contribution in [0.3, 0.4) is 0 Å². The van der Waals surface area contributed by atoms with Crippen LogP contribution in [0.1, 0.15) is 68.4 Å². The van der Waals surface area contributed by atoms with Gasteiger partial charge in [-0.3, -0.25) is 9.89 Å². The summed E-state index contributed by atoms with van der Waals surface area (Å²) in [5, 5.41) is 11.2. The second-order valence-electron chi connectivity index (χ2n) is 8.17. The predicted molar refractivity (Wildman–Crippen MR) is 136 cm³/mol. The van der Waals surface area contributed by atoms with Gasteiger partial charge in [0.2, 0.25) is 0 Å². The summed E-state index contributed by atoms with van der Waals surface area (Å²) in [5.74, 6) is 1.25. The summed E-state index contributed by atoms with van der Waals surface area (Å²) < 4.78 is 11.0. The van der Waals surface area contributed by atoms with Gasteiger partial charge in [-0.15, -0.1) is 0 Å². The van der Waals surface area contributed by atoms with Crippen molar-refractivity contribution in [3.8, 4) is 22.8 Å². The second-order valence-corrected chi connectivity index (χ2v) is 8.17. The number of benzene rings is 2. The number of ether oxygens (including phenoxy) is 2. The van der Waals surface area contributed by atoms with E-state index in [2.05, 4.69) is 27.6 Å². The number of methoxy groups -OCH3 is 1. The van der Waals surface area contributed by atoms with E-state index in [1.165, 1.54) is 32.1 Å². The zero-order valence-corrected chi connectivity index (χ0v) is 20.3. The lowest BCUT2D eigenvalue weighted by Crippen LogP contribution is -2.19. The number of hydrazone groups is 1. The first kappa shape index (κ1) is 25.0. The number of hydrogen-bond donors (Lipinski definition) is 2. The van der Waals surface area contributed by atoms with Crippen LogP contribution < -0.4 is 14.9 Å². The minimum absolute atomic E-state index is 0.338. The van der Waals surface area contributed by atoms with Crippen LogP contribution in [0.2, 0.25) is 0 Å². The number of carbonyl (C=O) groups is 1. The number of nitrogens with zero attached hydrogens (tertiary/aromatic N) is 2. The van der Waals surface area contributed by atoms with E-state index in [0.29, 0.717) is 17.1 Å². The van der Waals surface area contributed by atoms with E-state index in [4.69, 9.17) is 9.47 Å². The first-order chi connectivity index (χ1) is 16.6. The monoisotopic (exact) mass is 462 g/mol. The highest BCUT2D eigenvalue weighted by atomic mass is 16.5. The van der Waals surface area contributed by atoms with Crippen LogP contribution in [0.4, 0.5) is 0 Å². The van der Waals surface area contributed by atoms with Gasteiger partial charge in [-0.1, -0.05) is 39.0 Å². The Morgan fingerprint density at radius 2 is 1.65 bits per heavy atom. The summed E-state index contributed by atoms with van der Waals surface area (Å²) >= 11 is 0. The smallest absolute Gasteiger partial charge is 0.289 e. The molecule has 180 valence electrons. The molecule has 0 unspecified atom stereocenters. The number of aromatic amines is 1. The second kappa shape index (κ2) is 13.2. The van der Waals surface area contributed by atoms with Crippen molar-refractivity contribution in [3.05, 3.63) is 65.9 Å². The quantitative estimate of drug-likeness (QED) is 0.186. The molecule has 0 aliphatic rings. The van der Waals surface area contributed by atoms with Crippen LogP contribution >= 0.6 is 0 Å². The molecule has 0 spiro atoms. The Balaban J connectivity index is 1.49. The standard InChI is InChI=1S/C27H34N4O3/c1-4-5-6-7-8-9-18-34-24-16-12-22(13-17-24)25-19-26(30-29-25)27(32)31-28-20(2)21-10-14-23(33-3)15-11-21/h10-17,19H,4-9,18H2,1-3H3,(H,29,30)(H,31,32)/b28-20-. The molecule has 7 nitrogen and oxygen atoms in total. The van der Waals surface area contributed by atoms with Crippen molar-refractivity contribution in [1.29, 1.82) is 0 Å². The summed E-state index contributed by atoms with van der Waals surface area (Å²) in [6, 6.07) is 16.9. The lowest BCUT2D eigenvalue weighted by atomic mass is 10.1. The van der Waals surface area contributed by atoms with Gasteiger partial charge in [0.15, 0.2) is 0 Å². The fraction of sp³-hybridized carbons (Fsp3) is 0.370. The maximum Gasteiger partial charge on any atom is 0.289 e. The summed E-state index contributed by atoms with van der Waals surface area (Å²) in [5.41, 5.74) is 6.08. The summed E-state index contributed by atoms with van der Waals surface area (Å²) in [7, 11) is 1.62. The van der Waals surface area contributed by atoms with Crippen LogP contribution in [0.25, 0.3) is 11.3 Å². The maximum absolute atomic E-state index is 12.5. The highest BCUT2D eigenvalue weighted by Gasteiger charge is 2.11. The van der Waals surface area contributed by atoms with Crippen LogP contribution in [0.5, 0.6) is 11.5 Å². The molecule has 0 saturated heterocycles. The summed E-state index contributed by atoms with van der Waals surface area (Å²) in [6.45, 7) is 4.79. The molecule has 1 heterocycles. The molecule has 0 radical (unpaired) electrons. The van der Waals surface area contributed by atoms with E-state index in [1.807, 2.05) is 55.5 Å². The highest BCUT2D eigenvalue weighted by Crippen LogP contribution is 2.22. The molecular formula is C27H34N4O3. The largest absolute Gasteiger partial charge is 0.497 e. The van der Waals surface area contributed by atoms with Gasteiger partial charge in [-0.05, 0) is 73.5 Å². The molecule has 2 aromatic carbocycles. The van der Waals surface area contributed by atoms with Crippen LogP contribution in [0, 0.1) is 0 Å². The zero-order valence-electron chi connectivity index (χ0n) is 20.3. The maximum atomic E-state index is 12.5. The molecule has 0 aliphatic carbocycles. The minimum Gasteiger partial charge on any atom is -0.497 e. The number of H-pyrrole nitrogens is 1. The molecule has 0 aliphatic heterocycles. The highest BCUT2D eigenvalue weighted by molar-refractivity contribution is 6.00. The fourth-order valence-corrected chi connectivity index (χ4v) is 3.47. The van der Waals surface area contributed by atoms with E-state index in [1.54, 1.807) is 13.2 Å². The average molecular weight is 463 g/mol. The number of aromatic nitrogens is 2. The van der Waals surface area contributed by atoms with Gasteiger partial charge in [0.1, 0.15) is 17.2 Å².